The van der Waals surface area contributed by atoms with Gasteiger partial charge in [-0.3, -0.25) is 0 Å². The third kappa shape index (κ3) is 2.27. The van der Waals surface area contributed by atoms with Crippen LogP contribution in [0, 0.1) is 0 Å². The van der Waals surface area contributed by atoms with E-state index in [4.69, 9.17) is 4.74 Å². The monoisotopic (exact) mass is 262 g/mol. The summed E-state index contributed by atoms with van der Waals surface area (Å²) in [5.41, 5.74) is 0. The van der Waals surface area contributed by atoms with Crippen LogP contribution in [-0.4, -0.2) is 6.10 Å². The summed E-state index contributed by atoms with van der Waals surface area (Å²) in [4.78, 5) is 0. The Morgan fingerprint density at radius 2 is 1.65 bits per heavy atom. The highest BCUT2D eigenvalue weighted by atomic mass is 16.5. The van der Waals surface area contributed by atoms with Crippen molar-refractivity contribution in [2.75, 3.05) is 0 Å². The lowest BCUT2D eigenvalue weighted by atomic mass is 10.0. The van der Waals surface area contributed by atoms with Gasteiger partial charge in [0.15, 0.2) is 0 Å². The molecular formula is C19H18O. The van der Waals surface area contributed by atoms with E-state index in [1.165, 1.54) is 21.5 Å². The Kier molecular flexibility index (Phi) is 3.42. The van der Waals surface area contributed by atoms with E-state index in [1.54, 1.807) is 0 Å². The number of allylic oxidation sites excluding steroid dienone is 1. The summed E-state index contributed by atoms with van der Waals surface area (Å²) in [5, 5.41) is 4.95. The average Bonchev–Trinajstić information content (AvgIpc) is 2.47. The molecule has 0 spiro atoms. The molecule has 1 nitrogen and oxygen atoms in total. The molecule has 0 aliphatic carbocycles. The van der Waals surface area contributed by atoms with Gasteiger partial charge >= 0.3 is 0 Å². The van der Waals surface area contributed by atoms with Crippen molar-refractivity contribution in [1.82, 2.24) is 0 Å². The number of rotatable bonds is 3. The third-order valence-electron chi connectivity index (χ3n) is 3.52. The zero-order valence-electron chi connectivity index (χ0n) is 11.8. The van der Waals surface area contributed by atoms with Gasteiger partial charge in [0.25, 0.3) is 0 Å². The van der Waals surface area contributed by atoms with E-state index < -0.39 is 0 Å². The molecule has 3 aromatic rings. The minimum absolute atomic E-state index is 0.0806. The van der Waals surface area contributed by atoms with E-state index in [9.17, 15) is 0 Å². The zero-order valence-corrected chi connectivity index (χ0v) is 11.8. The minimum Gasteiger partial charge on any atom is -0.486 e. The van der Waals surface area contributed by atoms with E-state index in [2.05, 4.69) is 61.5 Å². The molecule has 0 bridgehead atoms. The van der Waals surface area contributed by atoms with Crippen LogP contribution in [0.1, 0.15) is 13.8 Å². The molecular weight excluding hydrogens is 244 g/mol. The van der Waals surface area contributed by atoms with E-state index in [1.807, 2.05) is 19.1 Å². The maximum atomic E-state index is 6.03. The van der Waals surface area contributed by atoms with Crippen LogP contribution in [0.25, 0.3) is 21.5 Å². The van der Waals surface area contributed by atoms with E-state index in [0.717, 1.165) is 5.75 Å². The SMILES string of the molecule is C/C=C\C(C)Oc1cccc2c1ccc1ccccc12. The molecule has 0 saturated carbocycles. The molecule has 0 aromatic heterocycles. The smallest absolute Gasteiger partial charge is 0.128 e. The second-order valence-corrected chi connectivity index (χ2v) is 4.99. The molecule has 1 unspecified atom stereocenters. The summed E-state index contributed by atoms with van der Waals surface area (Å²) in [6.45, 7) is 4.07. The van der Waals surface area contributed by atoms with Gasteiger partial charge in [-0.05, 0) is 42.1 Å². The summed E-state index contributed by atoms with van der Waals surface area (Å²) >= 11 is 0. The van der Waals surface area contributed by atoms with Gasteiger partial charge in [0.2, 0.25) is 0 Å². The van der Waals surface area contributed by atoms with E-state index >= 15 is 0 Å². The first-order chi connectivity index (χ1) is 9.79. The first-order valence-corrected chi connectivity index (χ1v) is 6.99. The summed E-state index contributed by atoms with van der Waals surface area (Å²) < 4.78 is 6.03. The fraction of sp³-hybridized carbons (Fsp3) is 0.158. The summed E-state index contributed by atoms with van der Waals surface area (Å²) in [5.74, 6) is 0.943. The zero-order chi connectivity index (χ0) is 13.9. The van der Waals surface area contributed by atoms with Crippen LogP contribution in [0.15, 0.2) is 66.7 Å². The Morgan fingerprint density at radius 1 is 0.850 bits per heavy atom. The standard InChI is InChI=1S/C19H18O/c1-3-7-14(2)20-19-11-6-10-17-16-9-5-4-8-15(16)12-13-18(17)19/h3-14H,1-2H3/b7-3-. The number of ether oxygens (including phenoxy) is 1. The second kappa shape index (κ2) is 5.38. The summed E-state index contributed by atoms with van der Waals surface area (Å²) in [7, 11) is 0. The molecule has 20 heavy (non-hydrogen) atoms. The molecule has 0 fully saturated rings. The fourth-order valence-corrected chi connectivity index (χ4v) is 2.62. The van der Waals surface area contributed by atoms with Crippen LogP contribution in [0.3, 0.4) is 0 Å². The van der Waals surface area contributed by atoms with Crippen molar-refractivity contribution in [2.24, 2.45) is 0 Å². The lowest BCUT2D eigenvalue weighted by Crippen LogP contribution is -2.07. The third-order valence-corrected chi connectivity index (χ3v) is 3.52. The van der Waals surface area contributed by atoms with E-state index in [-0.39, 0.29) is 6.10 Å². The highest BCUT2D eigenvalue weighted by molar-refractivity contribution is 6.09. The Bertz CT molecular complexity index is 771. The largest absolute Gasteiger partial charge is 0.486 e. The van der Waals surface area contributed by atoms with Crippen molar-refractivity contribution in [3.05, 3.63) is 66.7 Å². The Labute approximate surface area is 119 Å². The van der Waals surface area contributed by atoms with Crippen molar-refractivity contribution in [2.45, 2.75) is 20.0 Å². The lowest BCUT2D eigenvalue weighted by Gasteiger charge is -2.14. The highest BCUT2D eigenvalue weighted by Crippen LogP contribution is 2.32. The van der Waals surface area contributed by atoms with Crippen molar-refractivity contribution < 1.29 is 4.74 Å². The fourth-order valence-electron chi connectivity index (χ4n) is 2.62. The van der Waals surface area contributed by atoms with Gasteiger partial charge in [-0.1, -0.05) is 54.6 Å². The first-order valence-electron chi connectivity index (χ1n) is 6.99. The Hall–Kier alpha value is -2.28. The maximum absolute atomic E-state index is 6.03. The van der Waals surface area contributed by atoms with E-state index in [0.29, 0.717) is 0 Å². The molecule has 3 aromatic carbocycles. The van der Waals surface area contributed by atoms with Gasteiger partial charge in [0.05, 0.1) is 0 Å². The molecule has 0 aliphatic heterocycles. The van der Waals surface area contributed by atoms with Gasteiger partial charge < -0.3 is 4.74 Å². The molecule has 0 saturated heterocycles. The maximum Gasteiger partial charge on any atom is 0.128 e. The number of benzene rings is 3. The Balaban J connectivity index is 2.17. The van der Waals surface area contributed by atoms with Crippen LogP contribution in [0.4, 0.5) is 0 Å². The van der Waals surface area contributed by atoms with Crippen molar-refractivity contribution in [3.63, 3.8) is 0 Å². The number of hydrogen-bond donors (Lipinski definition) is 0. The Morgan fingerprint density at radius 3 is 2.50 bits per heavy atom. The quantitative estimate of drug-likeness (QED) is 0.457. The number of fused-ring (bicyclic) bond motifs is 3. The molecule has 0 heterocycles. The average molecular weight is 262 g/mol. The van der Waals surface area contributed by atoms with Gasteiger partial charge in [0, 0.05) is 5.39 Å². The van der Waals surface area contributed by atoms with Crippen LogP contribution in [0.5, 0.6) is 5.75 Å². The minimum atomic E-state index is 0.0806. The summed E-state index contributed by atoms with van der Waals surface area (Å²) in [6.07, 6.45) is 4.16. The first kappa shape index (κ1) is 12.7. The van der Waals surface area contributed by atoms with Crippen molar-refractivity contribution >= 4 is 21.5 Å². The number of hydrogen-bond acceptors (Lipinski definition) is 1. The normalized spacial score (nSPS) is 13.1. The predicted molar refractivity (Wildman–Crippen MR) is 86.4 cm³/mol. The van der Waals surface area contributed by atoms with Crippen LogP contribution in [-0.2, 0) is 0 Å². The van der Waals surface area contributed by atoms with Gasteiger partial charge in [-0.25, -0.2) is 0 Å². The molecule has 3 rings (SSSR count). The van der Waals surface area contributed by atoms with Gasteiger partial charge in [-0.2, -0.15) is 0 Å². The van der Waals surface area contributed by atoms with Crippen LogP contribution in [0.2, 0.25) is 0 Å². The van der Waals surface area contributed by atoms with Crippen molar-refractivity contribution in [1.29, 1.82) is 0 Å². The van der Waals surface area contributed by atoms with Gasteiger partial charge in [-0.15, -0.1) is 0 Å². The van der Waals surface area contributed by atoms with Crippen molar-refractivity contribution in [3.8, 4) is 5.75 Å². The van der Waals surface area contributed by atoms with Crippen LogP contribution >= 0.6 is 0 Å². The summed E-state index contributed by atoms with van der Waals surface area (Å²) in [6, 6.07) is 19.0. The second-order valence-electron chi connectivity index (χ2n) is 4.99. The van der Waals surface area contributed by atoms with Gasteiger partial charge in [0.1, 0.15) is 11.9 Å². The molecule has 1 heteroatoms. The molecule has 1 atom stereocenters. The molecule has 0 amide bonds. The molecule has 0 aliphatic rings. The molecule has 0 radical (unpaired) electrons. The predicted octanol–water partition coefficient (Wildman–Crippen LogP) is 5.34. The lowest BCUT2D eigenvalue weighted by molar-refractivity contribution is 0.273. The van der Waals surface area contributed by atoms with Crippen LogP contribution < -0.4 is 4.74 Å². The highest BCUT2D eigenvalue weighted by Gasteiger charge is 2.07. The molecule has 0 N–H and O–H groups in total. The molecule has 100 valence electrons. The topological polar surface area (TPSA) is 9.23 Å².